The molecule has 4 heterocycles. The van der Waals surface area contributed by atoms with Crippen molar-refractivity contribution < 1.29 is 9.53 Å². The largest absolute Gasteiger partial charge is 0.479 e. The first kappa shape index (κ1) is 18.8. The van der Waals surface area contributed by atoms with E-state index >= 15 is 0 Å². The smallest absolute Gasteiger partial charge is 0.265 e. The molecule has 4 aromatic rings. The standard InChI is InChI=1S/C21H18N4O3S2/c1-10(22-12-5-6-15-14(8-12)23-19(26)11(2)28-15)18-24-20(27)17-13(9-30-21(17)25-18)16-4-3-7-29-16/h3-11,22H,1-2H3,(H,23,26)(H,24,25,27). The number of nitrogens with zero attached hydrogens (tertiary/aromatic N) is 1. The number of anilines is 2. The first-order valence-corrected chi connectivity index (χ1v) is 11.2. The van der Waals surface area contributed by atoms with Crippen LogP contribution >= 0.6 is 22.7 Å². The van der Waals surface area contributed by atoms with Gasteiger partial charge in [0, 0.05) is 21.5 Å². The predicted molar refractivity (Wildman–Crippen MR) is 121 cm³/mol. The third kappa shape index (κ3) is 3.25. The van der Waals surface area contributed by atoms with E-state index in [1.165, 1.54) is 11.3 Å². The summed E-state index contributed by atoms with van der Waals surface area (Å²) >= 11 is 3.07. The Kier molecular flexibility index (Phi) is 4.56. The summed E-state index contributed by atoms with van der Waals surface area (Å²) in [5.74, 6) is 1.01. The summed E-state index contributed by atoms with van der Waals surface area (Å²) in [7, 11) is 0. The van der Waals surface area contributed by atoms with Crippen molar-refractivity contribution >= 4 is 50.2 Å². The minimum absolute atomic E-state index is 0.145. The zero-order valence-electron chi connectivity index (χ0n) is 16.2. The third-order valence-electron chi connectivity index (χ3n) is 4.95. The summed E-state index contributed by atoms with van der Waals surface area (Å²) in [5.41, 5.74) is 2.18. The number of fused-ring (bicyclic) bond motifs is 2. The zero-order valence-corrected chi connectivity index (χ0v) is 17.8. The van der Waals surface area contributed by atoms with Gasteiger partial charge in [-0.15, -0.1) is 22.7 Å². The summed E-state index contributed by atoms with van der Waals surface area (Å²) in [6.07, 6.45) is -0.513. The van der Waals surface area contributed by atoms with Gasteiger partial charge in [0.15, 0.2) is 6.10 Å². The number of aromatic nitrogens is 2. The number of nitrogens with one attached hydrogen (secondary N) is 3. The van der Waals surface area contributed by atoms with E-state index in [0.717, 1.165) is 16.1 Å². The van der Waals surface area contributed by atoms with Gasteiger partial charge in [0.1, 0.15) is 16.4 Å². The van der Waals surface area contributed by atoms with E-state index in [4.69, 9.17) is 4.74 Å². The summed E-state index contributed by atoms with van der Waals surface area (Å²) in [6.45, 7) is 3.63. The van der Waals surface area contributed by atoms with Crippen LogP contribution in [0.1, 0.15) is 25.7 Å². The lowest BCUT2D eigenvalue weighted by molar-refractivity contribution is -0.122. The van der Waals surface area contributed by atoms with Gasteiger partial charge in [0.25, 0.3) is 11.5 Å². The molecule has 5 rings (SSSR count). The molecule has 30 heavy (non-hydrogen) atoms. The number of carbonyl (C=O) groups excluding carboxylic acids is 1. The van der Waals surface area contributed by atoms with Crippen LogP contribution in [0.25, 0.3) is 20.7 Å². The number of aromatic amines is 1. The van der Waals surface area contributed by atoms with Crippen molar-refractivity contribution in [3.05, 3.63) is 57.3 Å². The van der Waals surface area contributed by atoms with Gasteiger partial charge in [-0.25, -0.2) is 4.98 Å². The number of thiophene rings is 2. The van der Waals surface area contributed by atoms with Gasteiger partial charge in [0.2, 0.25) is 0 Å². The molecule has 1 aromatic carbocycles. The SMILES string of the molecule is CC1Oc2ccc(NC(C)c3nc4scc(-c5cccs5)c4c(=O)[nH]3)cc2NC1=O. The molecule has 3 N–H and O–H groups in total. The molecule has 1 aliphatic rings. The fourth-order valence-corrected chi connectivity index (χ4v) is 5.17. The van der Waals surface area contributed by atoms with Crippen molar-refractivity contribution in [2.24, 2.45) is 0 Å². The first-order chi connectivity index (χ1) is 14.5. The fourth-order valence-electron chi connectivity index (χ4n) is 3.40. The highest BCUT2D eigenvalue weighted by Gasteiger charge is 2.24. The molecule has 1 amide bonds. The minimum atomic E-state index is -0.513. The second-order valence-electron chi connectivity index (χ2n) is 7.08. The van der Waals surface area contributed by atoms with Crippen LogP contribution in [0.3, 0.4) is 0 Å². The van der Waals surface area contributed by atoms with Crippen LogP contribution < -0.4 is 20.9 Å². The van der Waals surface area contributed by atoms with E-state index in [2.05, 4.69) is 20.6 Å². The highest BCUT2D eigenvalue weighted by atomic mass is 32.1. The molecule has 0 fully saturated rings. The Morgan fingerprint density at radius 1 is 1.23 bits per heavy atom. The predicted octanol–water partition coefficient (Wildman–Crippen LogP) is 4.61. The Morgan fingerprint density at radius 2 is 2.10 bits per heavy atom. The highest BCUT2D eigenvalue weighted by Crippen LogP contribution is 2.35. The summed E-state index contributed by atoms with van der Waals surface area (Å²) in [6, 6.07) is 9.22. The third-order valence-corrected chi connectivity index (χ3v) is 6.73. The van der Waals surface area contributed by atoms with Crippen LogP contribution in [0.4, 0.5) is 11.4 Å². The van der Waals surface area contributed by atoms with E-state index in [0.29, 0.717) is 27.5 Å². The molecule has 1 aliphatic heterocycles. The van der Waals surface area contributed by atoms with Gasteiger partial charge in [-0.3, -0.25) is 9.59 Å². The second kappa shape index (κ2) is 7.26. The highest BCUT2D eigenvalue weighted by molar-refractivity contribution is 7.18. The van der Waals surface area contributed by atoms with E-state index in [1.807, 2.05) is 48.0 Å². The number of amides is 1. The van der Waals surface area contributed by atoms with Crippen LogP contribution in [0.15, 0.2) is 45.9 Å². The maximum Gasteiger partial charge on any atom is 0.265 e. The van der Waals surface area contributed by atoms with E-state index in [1.54, 1.807) is 18.3 Å². The Bertz CT molecular complexity index is 1310. The molecular formula is C21H18N4O3S2. The van der Waals surface area contributed by atoms with Gasteiger partial charge >= 0.3 is 0 Å². The van der Waals surface area contributed by atoms with Gasteiger partial charge in [-0.2, -0.15) is 0 Å². The molecule has 0 spiro atoms. The lowest BCUT2D eigenvalue weighted by atomic mass is 10.2. The van der Waals surface area contributed by atoms with Crippen LogP contribution in [0.2, 0.25) is 0 Å². The topological polar surface area (TPSA) is 96.1 Å². The quantitative estimate of drug-likeness (QED) is 0.433. The molecule has 2 unspecified atom stereocenters. The zero-order chi connectivity index (χ0) is 20.8. The molecule has 0 saturated carbocycles. The van der Waals surface area contributed by atoms with Gasteiger partial charge in [0.05, 0.1) is 17.1 Å². The van der Waals surface area contributed by atoms with Gasteiger partial charge < -0.3 is 20.4 Å². The molecule has 0 bridgehead atoms. The van der Waals surface area contributed by atoms with E-state index in [-0.39, 0.29) is 17.5 Å². The molecule has 3 aromatic heterocycles. The Hall–Kier alpha value is -3.17. The molecule has 7 nitrogen and oxygen atoms in total. The van der Waals surface area contributed by atoms with Crippen LogP contribution in [-0.2, 0) is 4.79 Å². The first-order valence-electron chi connectivity index (χ1n) is 9.43. The molecule has 152 valence electrons. The Morgan fingerprint density at radius 3 is 2.90 bits per heavy atom. The lowest BCUT2D eigenvalue weighted by Gasteiger charge is -2.24. The van der Waals surface area contributed by atoms with Crippen LogP contribution in [0.5, 0.6) is 5.75 Å². The molecule has 0 radical (unpaired) electrons. The Balaban J connectivity index is 1.43. The van der Waals surface area contributed by atoms with Crippen LogP contribution in [-0.4, -0.2) is 22.0 Å². The molecule has 0 saturated heterocycles. The molecular weight excluding hydrogens is 420 g/mol. The van der Waals surface area contributed by atoms with Crippen molar-refractivity contribution in [1.82, 2.24) is 9.97 Å². The molecule has 0 aliphatic carbocycles. The summed E-state index contributed by atoms with van der Waals surface area (Å²) in [5, 5.41) is 10.8. The number of carbonyl (C=O) groups is 1. The molecule has 2 atom stereocenters. The number of hydrogen-bond donors (Lipinski definition) is 3. The monoisotopic (exact) mass is 438 g/mol. The van der Waals surface area contributed by atoms with Crippen LogP contribution in [0, 0.1) is 0 Å². The summed E-state index contributed by atoms with van der Waals surface area (Å²) < 4.78 is 5.59. The second-order valence-corrected chi connectivity index (χ2v) is 8.89. The van der Waals surface area contributed by atoms with Crippen molar-refractivity contribution in [2.75, 3.05) is 10.6 Å². The maximum absolute atomic E-state index is 12.8. The number of ether oxygens (including phenoxy) is 1. The average molecular weight is 439 g/mol. The lowest BCUT2D eigenvalue weighted by Crippen LogP contribution is -2.34. The van der Waals surface area contributed by atoms with Crippen molar-refractivity contribution in [2.45, 2.75) is 26.0 Å². The number of rotatable bonds is 4. The maximum atomic E-state index is 12.8. The fraction of sp³-hybridized carbons (Fsp3) is 0.190. The van der Waals surface area contributed by atoms with Crippen molar-refractivity contribution in [3.63, 3.8) is 0 Å². The van der Waals surface area contributed by atoms with Gasteiger partial charge in [-0.05, 0) is 43.5 Å². The Labute approximate surface area is 179 Å². The van der Waals surface area contributed by atoms with E-state index in [9.17, 15) is 9.59 Å². The number of benzene rings is 1. The normalized spacial score (nSPS) is 16.6. The average Bonchev–Trinajstić information content (AvgIpc) is 3.38. The minimum Gasteiger partial charge on any atom is -0.479 e. The number of H-pyrrole nitrogens is 1. The summed E-state index contributed by atoms with van der Waals surface area (Å²) in [4.78, 5) is 34.0. The van der Waals surface area contributed by atoms with Crippen molar-refractivity contribution in [1.29, 1.82) is 0 Å². The molecule has 9 heteroatoms. The van der Waals surface area contributed by atoms with Crippen molar-refractivity contribution in [3.8, 4) is 16.2 Å². The van der Waals surface area contributed by atoms with Gasteiger partial charge in [-0.1, -0.05) is 6.07 Å². The number of hydrogen-bond acceptors (Lipinski definition) is 7. The van der Waals surface area contributed by atoms with E-state index < -0.39 is 6.10 Å².